The topological polar surface area (TPSA) is 40.1 Å². The van der Waals surface area contributed by atoms with Gasteiger partial charge < -0.3 is 9.90 Å². The van der Waals surface area contributed by atoms with Crippen LogP contribution in [0.1, 0.15) is 6.92 Å². The average Bonchev–Trinajstić information content (AvgIpc) is 0.811. The van der Waals surface area contributed by atoms with Crippen molar-refractivity contribution in [1.82, 2.24) is 0 Å². The van der Waals surface area contributed by atoms with E-state index in [0.717, 1.165) is 6.92 Å². The van der Waals surface area contributed by atoms with Crippen LogP contribution in [0.25, 0.3) is 0 Å². The normalized spacial score (nSPS) is 5.00. The van der Waals surface area contributed by atoms with Crippen molar-refractivity contribution in [2.45, 2.75) is 6.92 Å². The molecule has 0 aromatic heterocycles. The van der Waals surface area contributed by atoms with Gasteiger partial charge in [-0.15, -0.1) is 0 Å². The zero-order chi connectivity index (χ0) is 3.58. The first-order chi connectivity index (χ1) is 1.73. The van der Waals surface area contributed by atoms with Gasteiger partial charge in [0.05, 0.1) is 0 Å². The smallest absolute Gasteiger partial charge is 0.550 e. The van der Waals surface area contributed by atoms with Crippen LogP contribution in [0.3, 0.4) is 0 Å². The molecule has 0 aliphatic carbocycles. The van der Waals surface area contributed by atoms with Gasteiger partial charge in [-0.25, -0.2) is 0 Å². The van der Waals surface area contributed by atoms with E-state index >= 15 is 0 Å². The SMILES string of the molecule is CC(=O)[O-].[Sc+3]. The molecule has 0 atom stereocenters. The maximum absolute atomic E-state index is 8.89. The number of carbonyl (C=O) groups is 1. The first-order valence-corrected chi connectivity index (χ1v) is 0.908. The minimum absolute atomic E-state index is 0. The van der Waals surface area contributed by atoms with Crippen molar-refractivity contribution in [3.05, 3.63) is 0 Å². The molecular weight excluding hydrogens is 101 g/mol. The largest absolute Gasteiger partial charge is 3.00 e. The number of hydrogen-bond donors (Lipinski definition) is 0. The molecule has 2 nitrogen and oxygen atoms in total. The molecule has 0 fully saturated rings. The molecular formula is C2H3O2Sc+2. The molecule has 0 unspecified atom stereocenters. The van der Waals surface area contributed by atoms with Gasteiger partial charge in [-0.2, -0.15) is 0 Å². The van der Waals surface area contributed by atoms with E-state index in [2.05, 4.69) is 0 Å². The van der Waals surface area contributed by atoms with Gasteiger partial charge in [-0.1, -0.05) is 0 Å². The number of aliphatic carboxylic acids is 1. The van der Waals surface area contributed by atoms with E-state index in [1.54, 1.807) is 0 Å². The molecule has 0 aliphatic rings. The minimum atomic E-state index is -1.08. The Kier molecular flexibility index (Phi) is 7.83. The Bertz CT molecular complexity index is 30.6. The molecule has 0 N–H and O–H groups in total. The minimum Gasteiger partial charge on any atom is -0.550 e. The summed E-state index contributed by atoms with van der Waals surface area (Å²) in [6.07, 6.45) is 0. The van der Waals surface area contributed by atoms with Crippen molar-refractivity contribution in [1.29, 1.82) is 0 Å². The van der Waals surface area contributed by atoms with E-state index in [0.29, 0.717) is 0 Å². The Morgan fingerprint density at radius 1 is 1.80 bits per heavy atom. The van der Waals surface area contributed by atoms with Gasteiger partial charge in [0.25, 0.3) is 0 Å². The van der Waals surface area contributed by atoms with E-state index in [1.807, 2.05) is 0 Å². The van der Waals surface area contributed by atoms with Crippen molar-refractivity contribution in [3.63, 3.8) is 0 Å². The van der Waals surface area contributed by atoms with Crippen LogP contribution in [0.15, 0.2) is 0 Å². The Labute approximate surface area is 49.0 Å². The molecule has 0 aliphatic heterocycles. The summed E-state index contributed by atoms with van der Waals surface area (Å²) < 4.78 is 0. The van der Waals surface area contributed by atoms with Crippen molar-refractivity contribution < 1.29 is 35.7 Å². The summed E-state index contributed by atoms with van der Waals surface area (Å²) in [5.41, 5.74) is 0. The zero-order valence-electron chi connectivity index (χ0n) is 2.89. The second-order valence-corrected chi connectivity index (χ2v) is 0.492. The fourth-order valence-corrected chi connectivity index (χ4v) is 0. The van der Waals surface area contributed by atoms with Crippen LogP contribution in [0.5, 0.6) is 0 Å². The summed E-state index contributed by atoms with van der Waals surface area (Å²) >= 11 is 0. The van der Waals surface area contributed by atoms with Gasteiger partial charge in [0.2, 0.25) is 0 Å². The maximum atomic E-state index is 8.89. The quantitative estimate of drug-likeness (QED) is 0.385. The van der Waals surface area contributed by atoms with Gasteiger partial charge in [0.1, 0.15) is 0 Å². The van der Waals surface area contributed by atoms with E-state index in [-0.39, 0.29) is 25.8 Å². The second-order valence-electron chi connectivity index (χ2n) is 0.492. The molecule has 0 saturated heterocycles. The van der Waals surface area contributed by atoms with Crippen molar-refractivity contribution in [2.75, 3.05) is 0 Å². The fourth-order valence-electron chi connectivity index (χ4n) is 0. The fraction of sp³-hybridized carbons (Fsp3) is 0.500. The van der Waals surface area contributed by atoms with E-state index < -0.39 is 5.97 Å². The Morgan fingerprint density at radius 2 is 1.80 bits per heavy atom. The summed E-state index contributed by atoms with van der Waals surface area (Å²) in [5.74, 6) is -1.08. The molecule has 0 radical (unpaired) electrons. The van der Waals surface area contributed by atoms with Gasteiger partial charge in [-0.05, 0) is 6.92 Å². The molecule has 5 heavy (non-hydrogen) atoms. The standard InChI is InChI=1S/C2H4O2.Sc/c1-2(3)4;/h1H3,(H,3,4);/q;+3/p-1. The Balaban J connectivity index is 0. The van der Waals surface area contributed by atoms with Crippen LogP contribution in [0.4, 0.5) is 0 Å². The maximum Gasteiger partial charge on any atom is 3.00 e. The van der Waals surface area contributed by atoms with Crippen molar-refractivity contribution in [3.8, 4) is 0 Å². The van der Waals surface area contributed by atoms with E-state index in [1.165, 1.54) is 0 Å². The summed E-state index contributed by atoms with van der Waals surface area (Å²) in [6.45, 7) is 0.972. The molecule has 0 aromatic carbocycles. The van der Waals surface area contributed by atoms with Crippen molar-refractivity contribution >= 4 is 5.97 Å². The zero-order valence-corrected chi connectivity index (χ0v) is 4.70. The average molecular weight is 104 g/mol. The van der Waals surface area contributed by atoms with Gasteiger partial charge in [0, 0.05) is 5.97 Å². The third kappa shape index (κ3) is 205. The van der Waals surface area contributed by atoms with Crippen LogP contribution in [-0.4, -0.2) is 5.97 Å². The molecule has 3 heteroatoms. The Hall–Kier alpha value is 0.340. The monoisotopic (exact) mass is 104 g/mol. The molecule has 0 spiro atoms. The second kappa shape index (κ2) is 4.34. The number of hydrogen-bond acceptors (Lipinski definition) is 2. The van der Waals surface area contributed by atoms with Gasteiger partial charge in [0.15, 0.2) is 0 Å². The first kappa shape index (κ1) is 9.02. The van der Waals surface area contributed by atoms with Crippen LogP contribution in [-0.2, 0) is 30.6 Å². The number of carboxylic acids is 1. The number of carboxylic acid groups (broad SMARTS) is 1. The van der Waals surface area contributed by atoms with Crippen LogP contribution < -0.4 is 5.11 Å². The van der Waals surface area contributed by atoms with Gasteiger partial charge >= 0.3 is 25.8 Å². The van der Waals surface area contributed by atoms with E-state index in [4.69, 9.17) is 9.90 Å². The summed E-state index contributed by atoms with van der Waals surface area (Å²) in [6, 6.07) is 0. The molecule has 0 saturated carbocycles. The van der Waals surface area contributed by atoms with Crippen LogP contribution in [0.2, 0.25) is 0 Å². The van der Waals surface area contributed by atoms with Gasteiger partial charge in [-0.3, -0.25) is 0 Å². The third-order valence-electron chi connectivity index (χ3n) is 0. The predicted octanol–water partition coefficient (Wildman–Crippen LogP) is -1.25. The number of rotatable bonds is 0. The Morgan fingerprint density at radius 3 is 1.80 bits per heavy atom. The summed E-state index contributed by atoms with van der Waals surface area (Å²) in [5, 5.41) is 8.89. The van der Waals surface area contributed by atoms with Crippen LogP contribution in [0, 0.1) is 0 Å². The molecule has 0 amide bonds. The number of carbonyl (C=O) groups excluding carboxylic acids is 1. The molecule has 24 valence electrons. The predicted molar refractivity (Wildman–Crippen MR) is 10.7 cm³/mol. The summed E-state index contributed by atoms with van der Waals surface area (Å²) in [7, 11) is 0. The molecule has 0 heterocycles. The first-order valence-electron chi connectivity index (χ1n) is 0.908. The third-order valence-corrected chi connectivity index (χ3v) is 0. The molecule has 0 rings (SSSR count). The van der Waals surface area contributed by atoms with Crippen LogP contribution >= 0.6 is 0 Å². The molecule has 0 bridgehead atoms. The van der Waals surface area contributed by atoms with E-state index in [9.17, 15) is 0 Å². The van der Waals surface area contributed by atoms with Crippen molar-refractivity contribution in [2.24, 2.45) is 0 Å². The summed E-state index contributed by atoms with van der Waals surface area (Å²) in [4.78, 5) is 8.89. The molecule has 0 aromatic rings.